The van der Waals surface area contributed by atoms with E-state index in [0.717, 1.165) is 55.3 Å². The molecule has 26 heavy (non-hydrogen) atoms. The molecule has 0 unspecified atom stereocenters. The Labute approximate surface area is 155 Å². The zero-order chi connectivity index (χ0) is 18.4. The highest BCUT2D eigenvalue weighted by Gasteiger charge is 2.21. The second-order valence-electron chi connectivity index (χ2n) is 6.68. The van der Waals surface area contributed by atoms with Crippen molar-refractivity contribution in [2.75, 3.05) is 46.9 Å². The fourth-order valence-electron chi connectivity index (χ4n) is 3.40. The van der Waals surface area contributed by atoms with Gasteiger partial charge < -0.3 is 14.6 Å². The Bertz CT molecular complexity index is 685. The van der Waals surface area contributed by atoms with Crippen molar-refractivity contribution in [2.45, 2.75) is 12.6 Å². The van der Waals surface area contributed by atoms with E-state index in [4.69, 9.17) is 9.47 Å². The number of benzene rings is 2. The minimum atomic E-state index is -0.429. The number of aliphatic hydroxyl groups is 1. The van der Waals surface area contributed by atoms with Gasteiger partial charge in [-0.25, -0.2) is 0 Å². The number of piperazine rings is 1. The summed E-state index contributed by atoms with van der Waals surface area (Å²) in [4.78, 5) is 4.75. The predicted molar refractivity (Wildman–Crippen MR) is 103 cm³/mol. The van der Waals surface area contributed by atoms with Crippen LogP contribution in [0.4, 0.5) is 0 Å². The maximum absolute atomic E-state index is 10.4. The molecule has 0 bridgehead atoms. The van der Waals surface area contributed by atoms with E-state index in [1.807, 2.05) is 48.5 Å². The summed E-state index contributed by atoms with van der Waals surface area (Å²) < 4.78 is 10.8. The van der Waals surface area contributed by atoms with Crippen LogP contribution in [0.2, 0.25) is 0 Å². The third kappa shape index (κ3) is 4.75. The minimum absolute atomic E-state index is 0.429. The smallest absolute Gasteiger partial charge is 0.123 e. The predicted octanol–water partition coefficient (Wildman–Crippen LogP) is 2.56. The van der Waals surface area contributed by atoms with Gasteiger partial charge in [-0.05, 0) is 23.8 Å². The Hall–Kier alpha value is -2.08. The summed E-state index contributed by atoms with van der Waals surface area (Å²) in [6.07, 6.45) is -0.429. The summed E-state index contributed by atoms with van der Waals surface area (Å²) in [5.41, 5.74) is 2.13. The maximum Gasteiger partial charge on any atom is 0.123 e. The van der Waals surface area contributed by atoms with Gasteiger partial charge in [0.2, 0.25) is 0 Å². The van der Waals surface area contributed by atoms with Crippen LogP contribution in [0.25, 0.3) is 0 Å². The number of rotatable bonds is 7. The molecule has 2 aromatic rings. The number of hydrogen-bond acceptors (Lipinski definition) is 5. The van der Waals surface area contributed by atoms with Crippen LogP contribution >= 0.6 is 0 Å². The molecule has 0 aliphatic carbocycles. The van der Waals surface area contributed by atoms with Gasteiger partial charge in [0.1, 0.15) is 11.5 Å². The molecule has 1 fully saturated rings. The molecule has 1 saturated heterocycles. The van der Waals surface area contributed by atoms with Gasteiger partial charge in [-0.1, -0.05) is 30.3 Å². The second-order valence-corrected chi connectivity index (χ2v) is 6.68. The van der Waals surface area contributed by atoms with Gasteiger partial charge in [0.05, 0.1) is 20.3 Å². The summed E-state index contributed by atoms with van der Waals surface area (Å²) >= 11 is 0. The van der Waals surface area contributed by atoms with Gasteiger partial charge in [-0.2, -0.15) is 0 Å². The zero-order valence-corrected chi connectivity index (χ0v) is 15.6. The van der Waals surface area contributed by atoms with E-state index < -0.39 is 6.10 Å². The number of methoxy groups -OCH3 is 2. The van der Waals surface area contributed by atoms with E-state index in [9.17, 15) is 5.11 Å². The molecule has 140 valence electrons. The van der Waals surface area contributed by atoms with Crippen molar-refractivity contribution in [1.29, 1.82) is 0 Å². The molecule has 1 aliphatic heterocycles. The molecule has 0 radical (unpaired) electrons. The van der Waals surface area contributed by atoms with Gasteiger partial charge in [-0.15, -0.1) is 0 Å². The Balaban J connectivity index is 1.53. The fraction of sp³-hybridized carbons (Fsp3) is 0.429. The first-order chi connectivity index (χ1) is 12.7. The normalized spacial score (nSPS) is 17.0. The Morgan fingerprint density at radius 1 is 0.923 bits per heavy atom. The number of hydrogen-bond donors (Lipinski definition) is 1. The molecule has 3 rings (SSSR count). The van der Waals surface area contributed by atoms with Crippen LogP contribution in [-0.2, 0) is 6.54 Å². The van der Waals surface area contributed by atoms with Crippen LogP contribution in [0.15, 0.2) is 48.5 Å². The molecule has 1 heterocycles. The van der Waals surface area contributed by atoms with E-state index in [2.05, 4.69) is 9.80 Å². The van der Waals surface area contributed by atoms with Crippen molar-refractivity contribution in [3.63, 3.8) is 0 Å². The van der Waals surface area contributed by atoms with Crippen molar-refractivity contribution >= 4 is 0 Å². The summed E-state index contributed by atoms with van der Waals surface area (Å²) in [5, 5.41) is 10.4. The molecule has 5 heteroatoms. The van der Waals surface area contributed by atoms with Crippen LogP contribution in [0, 0.1) is 0 Å². The molecular formula is C21H28N2O3. The second kappa shape index (κ2) is 9.03. The lowest BCUT2D eigenvalue weighted by Gasteiger charge is -2.35. The van der Waals surface area contributed by atoms with Crippen molar-refractivity contribution in [3.8, 4) is 11.5 Å². The zero-order valence-electron chi connectivity index (χ0n) is 15.6. The van der Waals surface area contributed by atoms with Gasteiger partial charge in [0.15, 0.2) is 0 Å². The number of β-amino-alcohol motifs (C(OH)–C–C–N with tert-alkyl or cyclic N) is 1. The van der Waals surface area contributed by atoms with Gasteiger partial charge in [-0.3, -0.25) is 9.80 Å². The number of ether oxygens (including phenoxy) is 2. The lowest BCUT2D eigenvalue weighted by molar-refractivity contribution is 0.0698. The largest absolute Gasteiger partial charge is 0.497 e. The Morgan fingerprint density at radius 2 is 1.62 bits per heavy atom. The van der Waals surface area contributed by atoms with Crippen molar-refractivity contribution in [3.05, 3.63) is 59.7 Å². The Morgan fingerprint density at radius 3 is 2.27 bits per heavy atom. The third-order valence-electron chi connectivity index (χ3n) is 4.96. The van der Waals surface area contributed by atoms with Crippen molar-refractivity contribution in [1.82, 2.24) is 9.80 Å². The SMILES string of the molecule is COc1ccc(OC)c(CN2CCN(C[C@H](O)c3ccccc3)CC2)c1. The Kier molecular flexibility index (Phi) is 6.50. The highest BCUT2D eigenvalue weighted by Crippen LogP contribution is 2.26. The van der Waals surface area contributed by atoms with E-state index in [0.29, 0.717) is 6.54 Å². The molecule has 1 atom stereocenters. The van der Waals surface area contributed by atoms with E-state index in [1.165, 1.54) is 0 Å². The average Bonchev–Trinajstić information content (AvgIpc) is 2.70. The number of aliphatic hydroxyl groups excluding tert-OH is 1. The molecule has 0 aromatic heterocycles. The summed E-state index contributed by atoms with van der Waals surface area (Å²) in [7, 11) is 3.39. The lowest BCUT2D eigenvalue weighted by Crippen LogP contribution is -2.47. The lowest BCUT2D eigenvalue weighted by atomic mass is 10.1. The molecular weight excluding hydrogens is 328 g/mol. The highest BCUT2D eigenvalue weighted by atomic mass is 16.5. The molecule has 1 N–H and O–H groups in total. The van der Waals surface area contributed by atoms with E-state index in [-0.39, 0.29) is 0 Å². The van der Waals surface area contributed by atoms with Gasteiger partial charge in [0.25, 0.3) is 0 Å². The first-order valence-electron chi connectivity index (χ1n) is 9.08. The molecule has 0 spiro atoms. The van der Waals surface area contributed by atoms with E-state index >= 15 is 0 Å². The molecule has 0 saturated carbocycles. The first kappa shape index (κ1) is 18.7. The number of nitrogens with zero attached hydrogens (tertiary/aromatic N) is 2. The van der Waals surface area contributed by atoms with Crippen LogP contribution in [0.3, 0.4) is 0 Å². The molecule has 5 nitrogen and oxygen atoms in total. The van der Waals surface area contributed by atoms with Crippen molar-refractivity contribution in [2.24, 2.45) is 0 Å². The molecule has 2 aromatic carbocycles. The molecule has 1 aliphatic rings. The van der Waals surface area contributed by atoms with Crippen LogP contribution < -0.4 is 9.47 Å². The van der Waals surface area contributed by atoms with Crippen LogP contribution in [0.5, 0.6) is 11.5 Å². The van der Waals surface area contributed by atoms with E-state index in [1.54, 1.807) is 14.2 Å². The van der Waals surface area contributed by atoms with Crippen LogP contribution in [0.1, 0.15) is 17.2 Å². The monoisotopic (exact) mass is 356 g/mol. The summed E-state index contributed by atoms with van der Waals surface area (Å²) in [5.74, 6) is 1.75. The topological polar surface area (TPSA) is 45.2 Å². The van der Waals surface area contributed by atoms with Gasteiger partial charge >= 0.3 is 0 Å². The quantitative estimate of drug-likeness (QED) is 0.826. The van der Waals surface area contributed by atoms with Crippen molar-refractivity contribution < 1.29 is 14.6 Å². The van der Waals surface area contributed by atoms with Gasteiger partial charge in [0, 0.05) is 44.8 Å². The fourth-order valence-corrected chi connectivity index (χ4v) is 3.40. The highest BCUT2D eigenvalue weighted by molar-refractivity contribution is 5.40. The standard InChI is InChI=1S/C21H28N2O3/c1-25-19-8-9-21(26-2)18(14-19)15-22-10-12-23(13-11-22)16-20(24)17-6-4-3-5-7-17/h3-9,14,20,24H,10-13,15-16H2,1-2H3/t20-/m0/s1. The minimum Gasteiger partial charge on any atom is -0.497 e. The van der Waals surface area contributed by atoms with Crippen LogP contribution in [-0.4, -0.2) is 61.8 Å². The summed E-state index contributed by atoms with van der Waals surface area (Å²) in [6, 6.07) is 15.8. The average molecular weight is 356 g/mol. The maximum atomic E-state index is 10.4. The third-order valence-corrected chi connectivity index (χ3v) is 4.96. The molecule has 0 amide bonds. The first-order valence-corrected chi connectivity index (χ1v) is 9.08. The summed E-state index contributed by atoms with van der Waals surface area (Å²) in [6.45, 7) is 5.38.